The van der Waals surface area contributed by atoms with Crippen molar-refractivity contribution in [3.8, 4) is 55.6 Å². The Morgan fingerprint density at radius 3 is 0.971 bits per heavy atom. The Kier molecular flexibility index (Phi) is 13.6. The normalized spacial score (nSPS) is 13.9. The molecule has 16 aromatic carbocycles. The van der Waals surface area contributed by atoms with Crippen LogP contribution in [0.15, 0.2) is 370 Å². The first kappa shape index (κ1) is 61.0. The number of anilines is 6. The van der Waals surface area contributed by atoms with Gasteiger partial charge in [0, 0.05) is 54.3 Å². The van der Waals surface area contributed by atoms with E-state index >= 15 is 0 Å². The van der Waals surface area contributed by atoms with Crippen molar-refractivity contribution in [3.05, 3.63) is 454 Å². The fourth-order valence-corrected chi connectivity index (χ4v) is 20.4. The van der Waals surface area contributed by atoms with Crippen molar-refractivity contribution in [2.24, 2.45) is 0 Å². The molecular formula is C102H70N2S. The van der Waals surface area contributed by atoms with Gasteiger partial charge >= 0.3 is 0 Å². The van der Waals surface area contributed by atoms with Crippen LogP contribution in [0.25, 0.3) is 75.8 Å². The van der Waals surface area contributed by atoms with Gasteiger partial charge in [-0.25, -0.2) is 0 Å². The molecule has 1 spiro atoms. The number of fused-ring (bicyclic) bond motifs is 19. The third-order valence-corrected chi connectivity index (χ3v) is 24.8. The van der Waals surface area contributed by atoms with E-state index in [1.165, 1.54) is 154 Å². The van der Waals surface area contributed by atoms with Gasteiger partial charge in [0.15, 0.2) is 0 Å². The Morgan fingerprint density at radius 1 is 0.210 bits per heavy atom. The summed E-state index contributed by atoms with van der Waals surface area (Å²) in [6, 6.07) is 141. The third-order valence-electron chi connectivity index (χ3n) is 23.7. The van der Waals surface area contributed by atoms with Crippen LogP contribution in [0.4, 0.5) is 34.1 Å². The lowest BCUT2D eigenvalue weighted by atomic mass is 9.67. The molecule has 0 bridgehead atoms. The molecule has 0 unspecified atom stereocenters. The van der Waals surface area contributed by atoms with Crippen molar-refractivity contribution in [3.63, 3.8) is 0 Å². The van der Waals surface area contributed by atoms with Gasteiger partial charge in [-0.3, -0.25) is 0 Å². The summed E-state index contributed by atoms with van der Waals surface area (Å²) in [7, 11) is 0. The van der Waals surface area contributed by atoms with Crippen LogP contribution < -0.4 is 9.80 Å². The summed E-state index contributed by atoms with van der Waals surface area (Å²) >= 11 is 1.86. The van der Waals surface area contributed by atoms with Crippen LogP contribution >= 0.6 is 11.3 Å². The summed E-state index contributed by atoms with van der Waals surface area (Å²) in [5, 5.41) is 2.55. The van der Waals surface area contributed by atoms with Crippen LogP contribution in [0.3, 0.4) is 0 Å². The highest BCUT2D eigenvalue weighted by Gasteiger charge is 2.53. The van der Waals surface area contributed by atoms with Crippen molar-refractivity contribution in [1.82, 2.24) is 0 Å². The molecule has 0 N–H and O–H groups in total. The Balaban J connectivity index is 0.739. The van der Waals surface area contributed by atoms with E-state index in [2.05, 4.69) is 401 Å². The van der Waals surface area contributed by atoms with Crippen LogP contribution in [0.5, 0.6) is 0 Å². The van der Waals surface area contributed by atoms with Gasteiger partial charge in [0.2, 0.25) is 0 Å². The Bertz CT molecular complexity index is 6050. The van der Waals surface area contributed by atoms with E-state index in [1.807, 2.05) is 11.3 Å². The molecule has 4 aliphatic carbocycles. The summed E-state index contributed by atoms with van der Waals surface area (Å²) in [6.07, 6.45) is 0. The highest BCUT2D eigenvalue weighted by Crippen LogP contribution is 2.65. The minimum atomic E-state index is -0.608. The topological polar surface area (TPSA) is 6.48 Å². The second kappa shape index (κ2) is 23.4. The van der Waals surface area contributed by atoms with E-state index < -0.39 is 16.2 Å². The molecule has 0 saturated carbocycles. The summed E-state index contributed by atoms with van der Waals surface area (Å²) in [5.41, 5.74) is 36.5. The SMILES string of the molecule is Cc1ccc2c(c1)C(c1ccccc1)(c1ccccc1)c1cc(N(c3ccc(-c4ccc(N(c5ccc6c(c5)C5(c7ccccc7-c7ccccc75)c5ccccc5-6)c5ccc6sc7ccccc7c6c5)cc4)c(C)c3)c3ccc4c(c3)C(c3ccccc3)(c3ccccc3)c3cc(C)ccc3-4)ccc1-2. The van der Waals surface area contributed by atoms with Crippen molar-refractivity contribution in [2.45, 2.75) is 37.0 Å². The predicted octanol–water partition coefficient (Wildman–Crippen LogP) is 26.7. The van der Waals surface area contributed by atoms with E-state index in [0.29, 0.717) is 0 Å². The molecule has 3 heteroatoms. The molecule has 1 heterocycles. The summed E-state index contributed by atoms with van der Waals surface area (Å²) in [6.45, 7) is 6.76. The average Bonchev–Trinajstić information content (AvgIpc) is 1.56. The van der Waals surface area contributed by atoms with Gasteiger partial charge in [-0.05, 0) is 234 Å². The molecule has 0 atom stereocenters. The molecule has 0 aliphatic heterocycles. The van der Waals surface area contributed by atoms with Crippen LogP contribution in [0, 0.1) is 20.8 Å². The van der Waals surface area contributed by atoms with E-state index in [0.717, 1.165) is 39.7 Å². The summed E-state index contributed by atoms with van der Waals surface area (Å²) in [5.74, 6) is 0. The molecular weight excluding hydrogens is 1290 g/mol. The number of thiophene rings is 1. The van der Waals surface area contributed by atoms with E-state index in [9.17, 15) is 0 Å². The highest BCUT2D eigenvalue weighted by atomic mass is 32.1. The number of nitrogens with zero attached hydrogens (tertiary/aromatic N) is 2. The maximum Gasteiger partial charge on any atom is 0.0726 e. The Labute approximate surface area is 617 Å². The lowest BCUT2D eigenvalue weighted by Crippen LogP contribution is -2.29. The lowest BCUT2D eigenvalue weighted by molar-refractivity contribution is 0.766. The maximum atomic E-state index is 2.54. The van der Waals surface area contributed by atoms with Gasteiger partial charge in [0.05, 0.1) is 16.2 Å². The minimum absolute atomic E-state index is 0.488. The van der Waals surface area contributed by atoms with Gasteiger partial charge in [-0.2, -0.15) is 0 Å². The molecule has 2 nitrogen and oxygen atoms in total. The third kappa shape index (κ3) is 8.77. The largest absolute Gasteiger partial charge is 0.310 e. The zero-order chi connectivity index (χ0) is 69.7. The van der Waals surface area contributed by atoms with Gasteiger partial charge in [-0.15, -0.1) is 11.3 Å². The molecule has 4 aliphatic rings. The number of benzene rings is 16. The molecule has 0 radical (unpaired) electrons. The molecule has 494 valence electrons. The number of rotatable bonds is 11. The van der Waals surface area contributed by atoms with Crippen molar-refractivity contribution < 1.29 is 0 Å². The highest BCUT2D eigenvalue weighted by molar-refractivity contribution is 7.25. The van der Waals surface area contributed by atoms with Crippen molar-refractivity contribution in [2.75, 3.05) is 9.80 Å². The number of hydrogen-bond donors (Lipinski definition) is 0. The van der Waals surface area contributed by atoms with Gasteiger partial charge in [0.1, 0.15) is 0 Å². The zero-order valence-corrected chi connectivity index (χ0v) is 59.3. The number of aryl methyl sites for hydroxylation is 3. The lowest BCUT2D eigenvalue weighted by Gasteiger charge is -2.36. The van der Waals surface area contributed by atoms with Crippen molar-refractivity contribution >= 4 is 65.6 Å². The smallest absolute Gasteiger partial charge is 0.0726 e. The first-order valence-electron chi connectivity index (χ1n) is 36.7. The monoisotopic (exact) mass is 1350 g/mol. The Morgan fingerprint density at radius 2 is 0.524 bits per heavy atom. The second-order valence-electron chi connectivity index (χ2n) is 29.1. The van der Waals surface area contributed by atoms with Crippen LogP contribution in [-0.2, 0) is 16.2 Å². The first-order valence-corrected chi connectivity index (χ1v) is 37.5. The van der Waals surface area contributed by atoms with Crippen LogP contribution in [-0.4, -0.2) is 0 Å². The predicted molar refractivity (Wildman–Crippen MR) is 439 cm³/mol. The van der Waals surface area contributed by atoms with Crippen molar-refractivity contribution in [1.29, 1.82) is 0 Å². The molecule has 21 rings (SSSR count). The van der Waals surface area contributed by atoms with E-state index in [4.69, 9.17) is 0 Å². The Hall–Kier alpha value is -12.7. The standard InChI is InChI=1S/C102H70N2S/c1-65-40-51-83-86-55-48-77(62-95(86)100(93(83)58-65,69-24-8-4-9-25-69)70-26-10-5-11-27-70)104(78-49-56-87-84-52-41-66(2)59-94(84)101(96(87)63-78,71-28-12-6-13-29-71)72-30-14-7-15-31-72)74-46-53-79(67(3)60-74)68-42-44-73(45-43-68)103(75-50-57-99-89(61-75)88-35-19-23-39-98(88)105-99)76-47-54-85-82-34-18-22-38-92(82)102(97(85)64-76)90-36-20-16-32-80(90)81-33-17-21-37-91(81)102/h4-64H,1-3H3. The molecule has 1 aromatic heterocycles. The molecule has 0 fully saturated rings. The fourth-order valence-electron chi connectivity index (χ4n) is 19.3. The van der Waals surface area contributed by atoms with E-state index in [-0.39, 0.29) is 0 Å². The zero-order valence-electron chi connectivity index (χ0n) is 58.5. The van der Waals surface area contributed by atoms with Gasteiger partial charge in [-0.1, -0.05) is 296 Å². The average molecular weight is 1360 g/mol. The van der Waals surface area contributed by atoms with Crippen LogP contribution in [0.1, 0.15) is 83.5 Å². The minimum Gasteiger partial charge on any atom is -0.310 e. The van der Waals surface area contributed by atoms with Gasteiger partial charge in [0.25, 0.3) is 0 Å². The molecule has 0 saturated heterocycles. The van der Waals surface area contributed by atoms with Gasteiger partial charge < -0.3 is 9.80 Å². The fraction of sp³-hybridized carbons (Fsp3) is 0.0588. The van der Waals surface area contributed by atoms with Crippen LogP contribution in [0.2, 0.25) is 0 Å². The van der Waals surface area contributed by atoms with E-state index in [1.54, 1.807) is 0 Å². The number of hydrogen-bond acceptors (Lipinski definition) is 3. The first-order chi connectivity index (χ1) is 51.8. The maximum absolute atomic E-state index is 2.54. The second-order valence-corrected chi connectivity index (χ2v) is 30.2. The summed E-state index contributed by atoms with van der Waals surface area (Å²) < 4.78 is 2.58. The molecule has 17 aromatic rings. The molecule has 0 amide bonds. The quantitative estimate of drug-likeness (QED) is 0.127. The summed E-state index contributed by atoms with van der Waals surface area (Å²) in [4.78, 5) is 5.03. The molecule has 105 heavy (non-hydrogen) atoms.